The summed E-state index contributed by atoms with van der Waals surface area (Å²) in [7, 11) is 1.51. The van der Waals surface area contributed by atoms with E-state index in [1.54, 1.807) is 18.3 Å². The number of pyridine rings is 1. The number of rotatable bonds is 17. The van der Waals surface area contributed by atoms with Crippen molar-refractivity contribution >= 4 is 17.8 Å². The molecule has 3 N–H and O–H groups in total. The molecule has 0 saturated heterocycles. The Kier molecular flexibility index (Phi) is 13.1. The number of esters is 2. The van der Waals surface area contributed by atoms with Crippen LogP contribution in [0.1, 0.15) is 81.0 Å². The zero-order valence-corrected chi connectivity index (χ0v) is 25.0. The molecule has 0 unspecified atom stereocenters. The second kappa shape index (κ2) is 17.0. The first-order valence-corrected chi connectivity index (χ1v) is 14.7. The molecule has 0 aliphatic heterocycles. The molecule has 2 atom stereocenters. The van der Waals surface area contributed by atoms with E-state index < -0.39 is 6.10 Å². The van der Waals surface area contributed by atoms with E-state index in [0.29, 0.717) is 42.8 Å². The van der Waals surface area contributed by atoms with Crippen LogP contribution in [0.5, 0.6) is 11.5 Å². The average molecular weight is 577 g/mol. The highest BCUT2D eigenvalue weighted by molar-refractivity contribution is 5.66. The lowest BCUT2D eigenvalue weighted by Gasteiger charge is -2.24. The number of aromatic nitrogens is 1. The Hall–Kier alpha value is -4.07. The number of hydrogen-bond acceptors (Lipinski definition) is 8. The zero-order chi connectivity index (χ0) is 30.3. The Morgan fingerprint density at radius 3 is 2.19 bits per heavy atom. The van der Waals surface area contributed by atoms with Gasteiger partial charge in [0.15, 0.2) is 11.5 Å². The van der Waals surface area contributed by atoms with Crippen molar-refractivity contribution in [3.05, 3.63) is 83.0 Å². The first kappa shape index (κ1) is 32.4. The van der Waals surface area contributed by atoms with E-state index in [1.165, 1.54) is 26.5 Å². The van der Waals surface area contributed by atoms with Gasteiger partial charge in [-0.2, -0.15) is 0 Å². The van der Waals surface area contributed by atoms with E-state index in [2.05, 4.69) is 29.2 Å². The van der Waals surface area contributed by atoms with Crippen molar-refractivity contribution in [1.29, 1.82) is 0 Å². The molecule has 0 aliphatic carbocycles. The lowest BCUT2D eigenvalue weighted by Crippen LogP contribution is -2.27. The molecular formula is C34H44N2O6. The number of benzene rings is 2. The standard InChI is InChI=1S/C34H44N2O6/c1-24(37)41-30(14-10-5-4-7-11-26-12-8-6-9-13-26)23-31(42-25(2)38)16-15-27-19-29(34(39)32(21-27)40-3)20-28-17-18-36-33(35)22-28/h6,8-9,12-13,17-19,21-22,30-31,39H,4-5,7,10-11,14-16,20,23H2,1-3H3,(H2,35,36)/t30-,31+/m0/s1. The van der Waals surface area contributed by atoms with Gasteiger partial charge in [-0.05, 0) is 73.4 Å². The molecule has 0 saturated carbocycles. The highest BCUT2D eigenvalue weighted by Crippen LogP contribution is 2.34. The van der Waals surface area contributed by atoms with Gasteiger partial charge in [0.05, 0.1) is 7.11 Å². The van der Waals surface area contributed by atoms with Crippen molar-refractivity contribution < 1.29 is 28.9 Å². The van der Waals surface area contributed by atoms with E-state index in [1.807, 2.05) is 18.2 Å². The van der Waals surface area contributed by atoms with Gasteiger partial charge in [-0.3, -0.25) is 9.59 Å². The molecule has 0 spiro atoms. The summed E-state index contributed by atoms with van der Waals surface area (Å²) in [6.45, 7) is 2.80. The number of aromatic hydroxyl groups is 1. The normalized spacial score (nSPS) is 12.4. The fraction of sp³-hybridized carbons (Fsp3) is 0.441. The minimum absolute atomic E-state index is 0.0758. The van der Waals surface area contributed by atoms with Gasteiger partial charge in [-0.1, -0.05) is 49.2 Å². The van der Waals surface area contributed by atoms with Gasteiger partial charge in [0.25, 0.3) is 0 Å². The molecule has 1 heterocycles. The van der Waals surface area contributed by atoms with Crippen LogP contribution in [-0.2, 0) is 38.3 Å². The fourth-order valence-electron chi connectivity index (χ4n) is 5.23. The maximum atomic E-state index is 11.9. The van der Waals surface area contributed by atoms with E-state index in [0.717, 1.165) is 49.7 Å². The third-order valence-electron chi connectivity index (χ3n) is 7.20. The summed E-state index contributed by atoms with van der Waals surface area (Å²) in [5.74, 6) is 0.149. The molecule has 1 aromatic heterocycles. The van der Waals surface area contributed by atoms with Crippen molar-refractivity contribution in [2.24, 2.45) is 0 Å². The van der Waals surface area contributed by atoms with Crippen LogP contribution >= 0.6 is 0 Å². The number of phenols is 1. The summed E-state index contributed by atoms with van der Waals surface area (Å²) in [5, 5.41) is 10.7. The first-order chi connectivity index (χ1) is 20.2. The summed E-state index contributed by atoms with van der Waals surface area (Å²) in [6.07, 6.45) is 8.84. The molecule has 3 rings (SSSR count). The number of nitrogens with zero attached hydrogens (tertiary/aromatic N) is 1. The van der Waals surface area contributed by atoms with Gasteiger partial charge in [0.1, 0.15) is 18.0 Å². The minimum atomic E-state index is -0.423. The zero-order valence-electron chi connectivity index (χ0n) is 25.0. The predicted molar refractivity (Wildman–Crippen MR) is 163 cm³/mol. The third-order valence-corrected chi connectivity index (χ3v) is 7.20. The number of nitrogen functional groups attached to an aromatic ring is 1. The van der Waals surface area contributed by atoms with Crippen molar-refractivity contribution in [2.45, 2.75) is 90.3 Å². The van der Waals surface area contributed by atoms with Crippen LogP contribution in [0.4, 0.5) is 5.82 Å². The van der Waals surface area contributed by atoms with Gasteiger partial charge in [-0.25, -0.2) is 4.98 Å². The Balaban J connectivity index is 1.60. The van der Waals surface area contributed by atoms with Gasteiger partial charge in [0.2, 0.25) is 0 Å². The highest BCUT2D eigenvalue weighted by Gasteiger charge is 2.22. The molecule has 0 fully saturated rings. The minimum Gasteiger partial charge on any atom is -0.504 e. The van der Waals surface area contributed by atoms with Crippen molar-refractivity contribution in [3.63, 3.8) is 0 Å². The molecule has 3 aromatic rings. The number of anilines is 1. The molecule has 0 amide bonds. The Morgan fingerprint density at radius 1 is 0.833 bits per heavy atom. The molecule has 0 bridgehead atoms. The van der Waals surface area contributed by atoms with Gasteiger partial charge >= 0.3 is 11.9 Å². The second-order valence-corrected chi connectivity index (χ2v) is 10.7. The van der Waals surface area contributed by atoms with Crippen LogP contribution in [-0.4, -0.2) is 41.3 Å². The largest absolute Gasteiger partial charge is 0.504 e. The number of phenolic OH excluding ortho intramolecular Hbond substituents is 1. The number of carbonyl (C=O) groups is 2. The summed E-state index contributed by atoms with van der Waals surface area (Å²) in [4.78, 5) is 27.8. The Labute approximate surface area is 249 Å². The van der Waals surface area contributed by atoms with Crippen LogP contribution in [0.3, 0.4) is 0 Å². The molecule has 8 nitrogen and oxygen atoms in total. The molecule has 0 aliphatic rings. The fourth-order valence-corrected chi connectivity index (χ4v) is 5.23. The number of aryl methyl sites for hydroxylation is 2. The second-order valence-electron chi connectivity index (χ2n) is 10.7. The maximum absolute atomic E-state index is 11.9. The summed E-state index contributed by atoms with van der Waals surface area (Å²) < 4.78 is 16.7. The summed E-state index contributed by atoms with van der Waals surface area (Å²) in [5.41, 5.74) is 9.72. The van der Waals surface area contributed by atoms with E-state index in [9.17, 15) is 14.7 Å². The predicted octanol–water partition coefficient (Wildman–Crippen LogP) is 6.35. The third kappa shape index (κ3) is 11.4. The number of nitrogens with two attached hydrogens (primary N) is 1. The van der Waals surface area contributed by atoms with Gasteiger partial charge < -0.3 is 25.1 Å². The molecule has 0 radical (unpaired) electrons. The number of carbonyl (C=O) groups excluding carboxylic acids is 2. The van der Waals surface area contributed by atoms with Gasteiger partial charge in [0, 0.05) is 38.4 Å². The quantitative estimate of drug-likeness (QED) is 0.141. The molecular weight excluding hydrogens is 532 g/mol. The van der Waals surface area contributed by atoms with Crippen LogP contribution in [0.15, 0.2) is 60.8 Å². The van der Waals surface area contributed by atoms with E-state index in [4.69, 9.17) is 19.9 Å². The van der Waals surface area contributed by atoms with E-state index >= 15 is 0 Å². The number of hydrogen-bond donors (Lipinski definition) is 2. The van der Waals surface area contributed by atoms with Crippen LogP contribution in [0.25, 0.3) is 0 Å². The topological polar surface area (TPSA) is 121 Å². The molecule has 226 valence electrons. The van der Waals surface area contributed by atoms with Gasteiger partial charge in [-0.15, -0.1) is 0 Å². The number of methoxy groups -OCH3 is 1. The number of unbranched alkanes of at least 4 members (excludes halogenated alkanes) is 3. The maximum Gasteiger partial charge on any atom is 0.302 e. The average Bonchev–Trinajstić information content (AvgIpc) is 2.95. The Bertz CT molecular complexity index is 1280. The van der Waals surface area contributed by atoms with Crippen molar-refractivity contribution in [1.82, 2.24) is 4.98 Å². The molecule has 2 aromatic carbocycles. The lowest BCUT2D eigenvalue weighted by atomic mass is 9.96. The van der Waals surface area contributed by atoms with E-state index in [-0.39, 0.29) is 23.8 Å². The monoisotopic (exact) mass is 576 g/mol. The Morgan fingerprint density at radius 2 is 1.52 bits per heavy atom. The highest BCUT2D eigenvalue weighted by atomic mass is 16.6. The molecule has 8 heteroatoms. The van der Waals surface area contributed by atoms with Crippen molar-refractivity contribution in [3.8, 4) is 11.5 Å². The van der Waals surface area contributed by atoms with Crippen LogP contribution < -0.4 is 10.5 Å². The molecule has 42 heavy (non-hydrogen) atoms. The SMILES string of the molecule is COc1cc(CC[C@H](C[C@H](CCCCCCc2ccccc2)OC(C)=O)OC(C)=O)cc(Cc2ccnc(N)c2)c1O. The number of ether oxygens (including phenoxy) is 3. The lowest BCUT2D eigenvalue weighted by molar-refractivity contribution is -0.153. The summed E-state index contributed by atoms with van der Waals surface area (Å²) >= 11 is 0. The summed E-state index contributed by atoms with van der Waals surface area (Å²) in [6, 6.07) is 17.8. The van der Waals surface area contributed by atoms with Crippen LogP contribution in [0, 0.1) is 0 Å². The smallest absolute Gasteiger partial charge is 0.302 e. The van der Waals surface area contributed by atoms with Crippen molar-refractivity contribution in [2.75, 3.05) is 12.8 Å². The van der Waals surface area contributed by atoms with Crippen LogP contribution in [0.2, 0.25) is 0 Å². The first-order valence-electron chi connectivity index (χ1n) is 14.7.